The molecule has 0 spiro atoms. The van der Waals surface area contributed by atoms with Gasteiger partial charge in [0.25, 0.3) is 0 Å². The third-order valence-corrected chi connectivity index (χ3v) is 4.88. The van der Waals surface area contributed by atoms with Gasteiger partial charge in [0, 0.05) is 15.6 Å². The van der Waals surface area contributed by atoms with E-state index in [0.29, 0.717) is 0 Å². The molecule has 0 atom stereocenters. The third-order valence-electron chi connectivity index (χ3n) is 4.39. The molecule has 2 aromatic rings. The molecule has 1 nitrogen and oxygen atoms in total. The van der Waals surface area contributed by atoms with Crippen molar-refractivity contribution in [3.05, 3.63) is 74.8 Å². The lowest BCUT2D eigenvalue weighted by molar-refractivity contribution is 0.102. The number of carbonyl (C=O) groups excluding carboxylic acids is 1. The fourth-order valence-corrected chi connectivity index (χ4v) is 3.31. The number of hydrogen-bond acceptors (Lipinski definition) is 1. The maximum absolute atomic E-state index is 12.7. The van der Waals surface area contributed by atoms with Crippen LogP contribution < -0.4 is 0 Å². The highest BCUT2D eigenvalue weighted by Gasteiger charge is 2.22. The van der Waals surface area contributed by atoms with Gasteiger partial charge in [-0.05, 0) is 53.2 Å². The lowest BCUT2D eigenvalue weighted by Gasteiger charge is -2.19. The first-order valence-electron chi connectivity index (χ1n) is 7.99. The van der Waals surface area contributed by atoms with E-state index in [-0.39, 0.29) is 11.2 Å². The van der Waals surface area contributed by atoms with Crippen molar-refractivity contribution in [1.29, 1.82) is 0 Å². The van der Waals surface area contributed by atoms with Crippen molar-refractivity contribution in [3.8, 4) is 0 Å². The Morgan fingerprint density at radius 1 is 1.00 bits per heavy atom. The van der Waals surface area contributed by atoms with E-state index in [9.17, 15) is 4.79 Å². The zero-order valence-electron chi connectivity index (χ0n) is 13.8. The molecule has 1 aliphatic rings. The monoisotopic (exact) mass is 368 g/mol. The summed E-state index contributed by atoms with van der Waals surface area (Å²) in [6.07, 6.45) is 3.79. The van der Waals surface area contributed by atoms with Crippen molar-refractivity contribution >= 4 is 27.8 Å². The molecule has 0 saturated carbocycles. The minimum Gasteiger partial charge on any atom is -0.289 e. The number of halogens is 1. The maximum Gasteiger partial charge on any atom is 0.189 e. The molecule has 0 heterocycles. The average Bonchev–Trinajstić information content (AvgIpc) is 2.50. The van der Waals surface area contributed by atoms with Crippen molar-refractivity contribution < 1.29 is 4.79 Å². The number of aryl methyl sites for hydroxylation is 1. The molecule has 0 unspecified atom stereocenters. The van der Waals surface area contributed by atoms with E-state index >= 15 is 0 Å². The van der Waals surface area contributed by atoms with Crippen molar-refractivity contribution in [2.24, 2.45) is 0 Å². The summed E-state index contributed by atoms with van der Waals surface area (Å²) < 4.78 is 0.959. The van der Waals surface area contributed by atoms with E-state index in [1.807, 2.05) is 24.3 Å². The van der Waals surface area contributed by atoms with Crippen molar-refractivity contribution in [3.63, 3.8) is 0 Å². The van der Waals surface area contributed by atoms with E-state index in [1.54, 1.807) is 0 Å². The van der Waals surface area contributed by atoms with Crippen molar-refractivity contribution in [2.75, 3.05) is 0 Å². The quantitative estimate of drug-likeness (QED) is 0.567. The normalized spacial score (nSPS) is 16.5. The van der Waals surface area contributed by atoms with Gasteiger partial charge >= 0.3 is 0 Å². The second-order valence-corrected chi connectivity index (χ2v) is 8.09. The van der Waals surface area contributed by atoms with Gasteiger partial charge in [0.05, 0.1) is 0 Å². The highest BCUT2D eigenvalue weighted by molar-refractivity contribution is 9.10. The molecular formula is C21H21BrO. The molecule has 0 bridgehead atoms. The van der Waals surface area contributed by atoms with Gasteiger partial charge in [-0.25, -0.2) is 0 Å². The summed E-state index contributed by atoms with van der Waals surface area (Å²) in [5.74, 6) is 0.160. The number of fused-ring (bicyclic) bond motifs is 1. The SMILES string of the molecule is CC(C)(C)c1ccc(/C=C2\CCc3ccc(Br)cc3C2=O)cc1. The van der Waals surface area contributed by atoms with E-state index in [0.717, 1.165) is 39.6 Å². The maximum atomic E-state index is 12.7. The smallest absolute Gasteiger partial charge is 0.189 e. The number of rotatable bonds is 1. The van der Waals surface area contributed by atoms with Gasteiger partial charge in [0.1, 0.15) is 0 Å². The molecule has 118 valence electrons. The fraction of sp³-hybridized carbons (Fsp3) is 0.286. The first-order valence-corrected chi connectivity index (χ1v) is 8.78. The Bertz CT molecular complexity index is 776. The number of carbonyl (C=O) groups is 1. The standard InChI is InChI=1S/C21H21BrO/c1-21(2,3)17-9-4-14(5-10-17)12-16-7-6-15-8-11-18(22)13-19(15)20(16)23/h4-5,8-13H,6-7H2,1-3H3/b16-12+. The van der Waals surface area contributed by atoms with Crippen LogP contribution in [0.5, 0.6) is 0 Å². The first-order chi connectivity index (χ1) is 10.8. The van der Waals surface area contributed by atoms with Gasteiger partial charge in [-0.1, -0.05) is 67.0 Å². The van der Waals surface area contributed by atoms with Gasteiger partial charge in [0.2, 0.25) is 0 Å². The predicted octanol–water partition coefficient (Wildman–Crippen LogP) is 5.96. The van der Waals surface area contributed by atoms with Crippen LogP contribution in [0.15, 0.2) is 52.5 Å². The van der Waals surface area contributed by atoms with Crippen LogP contribution >= 0.6 is 15.9 Å². The highest BCUT2D eigenvalue weighted by Crippen LogP contribution is 2.29. The molecule has 23 heavy (non-hydrogen) atoms. The second kappa shape index (κ2) is 6.09. The van der Waals surface area contributed by atoms with Gasteiger partial charge in [-0.2, -0.15) is 0 Å². The summed E-state index contributed by atoms with van der Waals surface area (Å²) in [7, 11) is 0. The molecule has 0 fully saturated rings. The molecular weight excluding hydrogens is 348 g/mol. The van der Waals surface area contributed by atoms with Crippen LogP contribution in [0.4, 0.5) is 0 Å². The number of allylic oxidation sites excluding steroid dienone is 1. The van der Waals surface area contributed by atoms with Gasteiger partial charge in [0.15, 0.2) is 5.78 Å². The Balaban J connectivity index is 1.90. The van der Waals surface area contributed by atoms with E-state index in [1.165, 1.54) is 5.56 Å². The number of benzene rings is 2. The molecule has 0 radical (unpaired) electrons. The molecule has 2 aromatic carbocycles. The summed E-state index contributed by atoms with van der Waals surface area (Å²) in [6, 6.07) is 14.5. The van der Waals surface area contributed by atoms with Crippen LogP contribution in [-0.4, -0.2) is 5.78 Å². The molecule has 2 heteroatoms. The Morgan fingerprint density at radius 2 is 1.70 bits per heavy atom. The Morgan fingerprint density at radius 3 is 2.35 bits per heavy atom. The molecule has 0 N–H and O–H groups in total. The molecule has 0 aliphatic heterocycles. The summed E-state index contributed by atoms with van der Waals surface area (Å²) in [4.78, 5) is 12.7. The molecule has 1 aliphatic carbocycles. The first kappa shape index (κ1) is 16.2. The van der Waals surface area contributed by atoms with Gasteiger partial charge in [-0.3, -0.25) is 4.79 Å². The minimum absolute atomic E-state index is 0.150. The van der Waals surface area contributed by atoms with Crippen LogP contribution in [0.1, 0.15) is 54.2 Å². The fourth-order valence-electron chi connectivity index (χ4n) is 2.95. The molecule has 0 amide bonds. The number of ketones is 1. The third kappa shape index (κ3) is 3.48. The zero-order valence-corrected chi connectivity index (χ0v) is 15.4. The summed E-state index contributed by atoms with van der Waals surface area (Å²) in [5.41, 5.74) is 5.45. The number of hydrogen-bond donors (Lipinski definition) is 0. The van der Waals surface area contributed by atoms with Gasteiger partial charge < -0.3 is 0 Å². The highest BCUT2D eigenvalue weighted by atomic mass is 79.9. The largest absolute Gasteiger partial charge is 0.289 e. The van der Waals surface area contributed by atoms with Gasteiger partial charge in [-0.15, -0.1) is 0 Å². The summed E-state index contributed by atoms with van der Waals surface area (Å²) in [5, 5.41) is 0. The Kier molecular flexibility index (Phi) is 4.29. The van der Waals surface area contributed by atoms with Crippen molar-refractivity contribution in [2.45, 2.75) is 39.0 Å². The minimum atomic E-state index is 0.150. The Labute approximate surface area is 146 Å². The topological polar surface area (TPSA) is 17.1 Å². The van der Waals surface area contributed by atoms with Crippen LogP contribution in [-0.2, 0) is 11.8 Å². The molecule has 0 saturated heterocycles. The second-order valence-electron chi connectivity index (χ2n) is 7.17. The lowest BCUT2D eigenvalue weighted by atomic mass is 9.85. The van der Waals surface area contributed by atoms with Crippen molar-refractivity contribution in [1.82, 2.24) is 0 Å². The average molecular weight is 369 g/mol. The molecule has 0 aromatic heterocycles. The lowest BCUT2D eigenvalue weighted by Crippen LogP contribution is -2.14. The van der Waals surface area contributed by atoms with Crippen LogP contribution in [0.3, 0.4) is 0 Å². The Hall–Kier alpha value is -1.67. The van der Waals surface area contributed by atoms with E-state index in [4.69, 9.17) is 0 Å². The number of Topliss-reactive ketones (excluding diaryl/α,β-unsaturated/α-hetero) is 1. The van der Waals surface area contributed by atoms with E-state index in [2.05, 4.69) is 61.0 Å². The predicted molar refractivity (Wildman–Crippen MR) is 99.9 cm³/mol. The van der Waals surface area contributed by atoms with Crippen LogP contribution in [0.25, 0.3) is 6.08 Å². The van der Waals surface area contributed by atoms with Crippen LogP contribution in [0, 0.1) is 0 Å². The zero-order chi connectivity index (χ0) is 16.6. The summed E-state index contributed by atoms with van der Waals surface area (Å²) >= 11 is 3.46. The van der Waals surface area contributed by atoms with E-state index < -0.39 is 0 Å². The summed E-state index contributed by atoms with van der Waals surface area (Å²) in [6.45, 7) is 6.62. The van der Waals surface area contributed by atoms with Crippen LogP contribution in [0.2, 0.25) is 0 Å². The molecule has 3 rings (SSSR count).